The van der Waals surface area contributed by atoms with E-state index in [1.54, 1.807) is 6.20 Å². The maximum absolute atomic E-state index is 5.63. The van der Waals surface area contributed by atoms with Crippen LogP contribution in [0.25, 0.3) is 0 Å². The van der Waals surface area contributed by atoms with Gasteiger partial charge in [0.25, 0.3) is 0 Å². The molecular formula is C10H16BrN5. The van der Waals surface area contributed by atoms with Crippen molar-refractivity contribution >= 4 is 27.7 Å². The summed E-state index contributed by atoms with van der Waals surface area (Å²) >= 11 is 3.47. The van der Waals surface area contributed by atoms with E-state index in [1.165, 1.54) is 0 Å². The van der Waals surface area contributed by atoms with Gasteiger partial charge in [0, 0.05) is 31.9 Å². The minimum absolute atomic E-state index is 0.323. The average Bonchev–Trinajstić information content (AvgIpc) is 2.22. The Labute approximate surface area is 104 Å². The maximum atomic E-state index is 5.63. The van der Waals surface area contributed by atoms with Gasteiger partial charge in [0.15, 0.2) is 0 Å². The summed E-state index contributed by atoms with van der Waals surface area (Å²) in [6.45, 7) is 5.24. The Hall–Kier alpha value is -0.880. The van der Waals surface area contributed by atoms with Crippen LogP contribution in [0.4, 0.5) is 11.8 Å². The molecule has 0 amide bonds. The molecule has 0 bridgehead atoms. The second kappa shape index (κ2) is 4.55. The number of nitrogens with two attached hydrogens (primary N) is 1. The van der Waals surface area contributed by atoms with Crippen molar-refractivity contribution in [3.05, 3.63) is 10.7 Å². The molecule has 16 heavy (non-hydrogen) atoms. The lowest BCUT2D eigenvalue weighted by Crippen LogP contribution is -2.51. The van der Waals surface area contributed by atoms with E-state index in [0.29, 0.717) is 12.0 Å². The molecule has 1 fully saturated rings. The lowest BCUT2D eigenvalue weighted by molar-refractivity contribution is 0.274. The van der Waals surface area contributed by atoms with Crippen LogP contribution in [0, 0.1) is 0 Å². The predicted octanol–water partition coefficient (Wildman–Crippen LogP) is 0.962. The minimum Gasteiger partial charge on any atom is -0.368 e. The van der Waals surface area contributed by atoms with Crippen molar-refractivity contribution in [2.75, 3.05) is 37.3 Å². The lowest BCUT2D eigenvalue weighted by Gasteiger charge is -2.39. The van der Waals surface area contributed by atoms with Crippen LogP contribution in [0.1, 0.15) is 6.92 Å². The third-order valence-corrected chi connectivity index (χ3v) is 3.41. The number of nitrogen functional groups attached to an aromatic ring is 1. The first-order valence-corrected chi connectivity index (χ1v) is 6.10. The van der Waals surface area contributed by atoms with Crippen LogP contribution < -0.4 is 10.6 Å². The van der Waals surface area contributed by atoms with Gasteiger partial charge in [-0.2, -0.15) is 4.98 Å². The number of aromatic nitrogens is 2. The SMILES string of the molecule is CC1CN(C)CCN1c1nc(N)ncc1Br. The van der Waals surface area contributed by atoms with Crippen molar-refractivity contribution in [2.45, 2.75) is 13.0 Å². The van der Waals surface area contributed by atoms with Gasteiger partial charge >= 0.3 is 0 Å². The number of rotatable bonds is 1. The summed E-state index contributed by atoms with van der Waals surface area (Å²) in [6, 6.07) is 0.435. The van der Waals surface area contributed by atoms with E-state index >= 15 is 0 Å². The third kappa shape index (κ3) is 2.27. The molecule has 0 spiro atoms. The molecule has 2 rings (SSSR count). The van der Waals surface area contributed by atoms with Crippen LogP contribution >= 0.6 is 15.9 Å². The molecule has 6 heteroatoms. The van der Waals surface area contributed by atoms with Gasteiger partial charge in [0.1, 0.15) is 5.82 Å². The zero-order valence-corrected chi connectivity index (χ0v) is 11.1. The monoisotopic (exact) mass is 285 g/mol. The van der Waals surface area contributed by atoms with E-state index in [-0.39, 0.29) is 0 Å². The zero-order valence-electron chi connectivity index (χ0n) is 9.52. The highest BCUT2D eigenvalue weighted by atomic mass is 79.9. The smallest absolute Gasteiger partial charge is 0.222 e. The topological polar surface area (TPSA) is 58.3 Å². The first kappa shape index (κ1) is 11.6. The summed E-state index contributed by atoms with van der Waals surface area (Å²) in [6.07, 6.45) is 1.71. The number of halogens is 1. The molecule has 1 saturated heterocycles. The minimum atomic E-state index is 0.323. The Morgan fingerprint density at radius 1 is 1.50 bits per heavy atom. The van der Waals surface area contributed by atoms with Gasteiger partial charge in [0.05, 0.1) is 4.47 Å². The second-order valence-corrected chi connectivity index (χ2v) is 5.06. The van der Waals surface area contributed by atoms with Crippen LogP contribution in [-0.2, 0) is 0 Å². The van der Waals surface area contributed by atoms with E-state index in [9.17, 15) is 0 Å². The summed E-state index contributed by atoms with van der Waals surface area (Å²) in [5, 5.41) is 0. The standard InChI is InChI=1S/C10H16BrN5/c1-7-6-15(2)3-4-16(7)9-8(11)5-13-10(12)14-9/h5,7H,3-4,6H2,1-2H3,(H2,12,13,14). The third-order valence-electron chi connectivity index (χ3n) is 2.85. The molecule has 2 N–H and O–H groups in total. The molecule has 0 saturated carbocycles. The Balaban J connectivity index is 2.26. The van der Waals surface area contributed by atoms with Crippen LogP contribution in [-0.4, -0.2) is 47.6 Å². The van der Waals surface area contributed by atoms with Gasteiger partial charge in [-0.1, -0.05) is 0 Å². The normalized spacial score (nSPS) is 22.4. The van der Waals surface area contributed by atoms with E-state index in [0.717, 1.165) is 29.9 Å². The first-order chi connectivity index (χ1) is 7.58. The number of hydrogen-bond donors (Lipinski definition) is 1. The van der Waals surface area contributed by atoms with Crippen molar-refractivity contribution in [2.24, 2.45) is 0 Å². The lowest BCUT2D eigenvalue weighted by atomic mass is 10.2. The average molecular weight is 286 g/mol. The number of piperazine rings is 1. The molecule has 5 nitrogen and oxygen atoms in total. The number of likely N-dealkylation sites (N-methyl/N-ethyl adjacent to an activating group) is 1. The molecule has 88 valence electrons. The van der Waals surface area contributed by atoms with Crippen molar-refractivity contribution < 1.29 is 0 Å². The Kier molecular flexibility index (Phi) is 3.30. The maximum Gasteiger partial charge on any atom is 0.222 e. The zero-order chi connectivity index (χ0) is 11.7. The highest BCUT2D eigenvalue weighted by Crippen LogP contribution is 2.26. The fourth-order valence-electron chi connectivity index (χ4n) is 2.03. The van der Waals surface area contributed by atoms with Crippen LogP contribution in [0.5, 0.6) is 0 Å². The van der Waals surface area contributed by atoms with E-state index in [2.05, 4.69) is 49.7 Å². The molecule has 1 aliphatic rings. The van der Waals surface area contributed by atoms with Gasteiger partial charge in [-0.15, -0.1) is 0 Å². The second-order valence-electron chi connectivity index (χ2n) is 4.20. The van der Waals surface area contributed by atoms with E-state index < -0.39 is 0 Å². The molecule has 0 aliphatic carbocycles. The quantitative estimate of drug-likeness (QED) is 0.833. The largest absolute Gasteiger partial charge is 0.368 e. The highest BCUT2D eigenvalue weighted by molar-refractivity contribution is 9.10. The fourth-order valence-corrected chi connectivity index (χ4v) is 2.45. The summed E-state index contributed by atoms with van der Waals surface area (Å²) in [5.74, 6) is 1.22. The van der Waals surface area contributed by atoms with Crippen molar-refractivity contribution in [3.63, 3.8) is 0 Å². The first-order valence-electron chi connectivity index (χ1n) is 5.31. The molecule has 1 aromatic heterocycles. The van der Waals surface area contributed by atoms with Crippen molar-refractivity contribution in [1.29, 1.82) is 0 Å². The van der Waals surface area contributed by atoms with Crippen LogP contribution in [0.3, 0.4) is 0 Å². The molecular weight excluding hydrogens is 270 g/mol. The van der Waals surface area contributed by atoms with Gasteiger partial charge in [-0.25, -0.2) is 4.98 Å². The van der Waals surface area contributed by atoms with E-state index in [1.807, 2.05) is 0 Å². The summed E-state index contributed by atoms with van der Waals surface area (Å²) in [7, 11) is 2.14. The molecule has 1 unspecified atom stereocenters. The van der Waals surface area contributed by atoms with Crippen molar-refractivity contribution in [1.82, 2.24) is 14.9 Å². The van der Waals surface area contributed by atoms with Crippen LogP contribution in [0.15, 0.2) is 10.7 Å². The highest BCUT2D eigenvalue weighted by Gasteiger charge is 2.24. The van der Waals surface area contributed by atoms with Gasteiger partial charge in [-0.05, 0) is 29.9 Å². The van der Waals surface area contributed by atoms with Gasteiger partial charge in [-0.3, -0.25) is 0 Å². The summed E-state index contributed by atoms with van der Waals surface area (Å²) in [4.78, 5) is 12.8. The summed E-state index contributed by atoms with van der Waals surface area (Å²) in [5.41, 5.74) is 5.63. The van der Waals surface area contributed by atoms with E-state index in [4.69, 9.17) is 5.73 Å². The molecule has 0 aromatic carbocycles. The number of hydrogen-bond acceptors (Lipinski definition) is 5. The molecule has 0 radical (unpaired) electrons. The molecule has 1 aliphatic heterocycles. The molecule has 2 heterocycles. The number of nitrogens with zero attached hydrogens (tertiary/aromatic N) is 4. The Morgan fingerprint density at radius 2 is 2.25 bits per heavy atom. The molecule has 1 aromatic rings. The van der Waals surface area contributed by atoms with Crippen molar-refractivity contribution in [3.8, 4) is 0 Å². The van der Waals surface area contributed by atoms with Gasteiger partial charge < -0.3 is 15.5 Å². The van der Waals surface area contributed by atoms with Gasteiger partial charge in [0.2, 0.25) is 5.95 Å². The fraction of sp³-hybridized carbons (Fsp3) is 0.600. The Bertz CT molecular complexity index is 383. The number of anilines is 2. The van der Waals surface area contributed by atoms with Crippen LogP contribution in [0.2, 0.25) is 0 Å². The predicted molar refractivity (Wildman–Crippen MR) is 68.4 cm³/mol. The Morgan fingerprint density at radius 3 is 2.94 bits per heavy atom. The summed E-state index contributed by atoms with van der Waals surface area (Å²) < 4.78 is 0.901. The molecule has 1 atom stereocenters.